The second-order valence-electron chi connectivity index (χ2n) is 6.36. The molecule has 0 fully saturated rings. The van der Waals surface area contributed by atoms with Crippen molar-refractivity contribution in [1.29, 1.82) is 0 Å². The number of carbonyl (C=O) groups is 2. The second-order valence-corrected chi connectivity index (χ2v) is 6.36. The maximum absolute atomic E-state index is 12.0. The average Bonchev–Trinajstić information content (AvgIpc) is 3.15. The van der Waals surface area contributed by atoms with Crippen LogP contribution < -0.4 is 15.5 Å². The molecule has 0 bridgehead atoms. The van der Waals surface area contributed by atoms with Crippen molar-refractivity contribution in [1.82, 2.24) is 5.32 Å². The number of rotatable bonds is 9. The van der Waals surface area contributed by atoms with Gasteiger partial charge >= 0.3 is 0 Å². The van der Waals surface area contributed by atoms with Crippen LogP contribution in [0.1, 0.15) is 33.0 Å². The van der Waals surface area contributed by atoms with Crippen LogP contribution in [0, 0.1) is 0 Å². The van der Waals surface area contributed by atoms with Gasteiger partial charge in [-0.25, -0.2) is 0 Å². The van der Waals surface area contributed by atoms with Crippen molar-refractivity contribution >= 4 is 29.3 Å². The van der Waals surface area contributed by atoms with E-state index in [0.717, 1.165) is 17.9 Å². The SMILES string of the molecule is CCN(c1ccc(NC(=O)CCNC(=O)C=Cc2ccco2)cc1)C(C)C. The molecule has 2 rings (SSSR count). The quantitative estimate of drug-likeness (QED) is 0.661. The first-order valence-electron chi connectivity index (χ1n) is 9.15. The van der Waals surface area contributed by atoms with Gasteiger partial charge in [0.15, 0.2) is 0 Å². The van der Waals surface area contributed by atoms with Gasteiger partial charge in [0.1, 0.15) is 5.76 Å². The molecule has 2 aromatic rings. The van der Waals surface area contributed by atoms with E-state index in [1.807, 2.05) is 24.3 Å². The van der Waals surface area contributed by atoms with E-state index in [1.54, 1.807) is 18.2 Å². The van der Waals surface area contributed by atoms with E-state index in [1.165, 1.54) is 12.3 Å². The molecule has 2 amide bonds. The van der Waals surface area contributed by atoms with E-state index in [0.29, 0.717) is 11.8 Å². The van der Waals surface area contributed by atoms with Gasteiger partial charge in [-0.3, -0.25) is 9.59 Å². The Labute approximate surface area is 160 Å². The minimum atomic E-state index is -0.267. The van der Waals surface area contributed by atoms with Crippen LogP contribution in [0.2, 0.25) is 0 Å². The first-order valence-corrected chi connectivity index (χ1v) is 9.15. The topological polar surface area (TPSA) is 74.6 Å². The molecule has 0 saturated heterocycles. The highest BCUT2D eigenvalue weighted by Crippen LogP contribution is 2.19. The maximum Gasteiger partial charge on any atom is 0.244 e. The predicted molar refractivity (Wildman–Crippen MR) is 109 cm³/mol. The third kappa shape index (κ3) is 6.66. The molecule has 0 radical (unpaired) electrons. The summed E-state index contributed by atoms with van der Waals surface area (Å²) in [6, 6.07) is 11.7. The van der Waals surface area contributed by atoms with Gasteiger partial charge in [0.25, 0.3) is 0 Å². The van der Waals surface area contributed by atoms with E-state index in [4.69, 9.17) is 4.42 Å². The Morgan fingerprint density at radius 2 is 1.93 bits per heavy atom. The minimum Gasteiger partial charge on any atom is -0.465 e. The monoisotopic (exact) mass is 369 g/mol. The lowest BCUT2D eigenvalue weighted by Crippen LogP contribution is -2.30. The van der Waals surface area contributed by atoms with Crippen LogP contribution in [0.4, 0.5) is 11.4 Å². The fourth-order valence-electron chi connectivity index (χ4n) is 2.71. The molecule has 0 atom stereocenters. The number of hydrogen-bond acceptors (Lipinski definition) is 4. The lowest BCUT2D eigenvalue weighted by atomic mass is 10.2. The summed E-state index contributed by atoms with van der Waals surface area (Å²) in [7, 11) is 0. The summed E-state index contributed by atoms with van der Waals surface area (Å²) in [5, 5.41) is 5.51. The summed E-state index contributed by atoms with van der Waals surface area (Å²) in [6.07, 6.45) is 4.70. The average molecular weight is 369 g/mol. The Morgan fingerprint density at radius 1 is 1.19 bits per heavy atom. The van der Waals surface area contributed by atoms with Gasteiger partial charge in [0.05, 0.1) is 6.26 Å². The maximum atomic E-state index is 12.0. The molecule has 0 aliphatic heterocycles. The molecule has 0 saturated carbocycles. The van der Waals surface area contributed by atoms with Gasteiger partial charge in [-0.15, -0.1) is 0 Å². The van der Waals surface area contributed by atoms with E-state index >= 15 is 0 Å². The van der Waals surface area contributed by atoms with E-state index in [2.05, 4.69) is 36.3 Å². The number of benzene rings is 1. The Hall–Kier alpha value is -3.02. The molecule has 0 aliphatic rings. The van der Waals surface area contributed by atoms with Crippen LogP contribution in [0.5, 0.6) is 0 Å². The zero-order chi connectivity index (χ0) is 19.6. The molecule has 1 aromatic carbocycles. The highest BCUT2D eigenvalue weighted by molar-refractivity contribution is 5.93. The Bertz CT molecular complexity index is 749. The molecule has 144 valence electrons. The van der Waals surface area contributed by atoms with Crippen LogP contribution in [0.15, 0.2) is 53.2 Å². The summed E-state index contributed by atoms with van der Waals surface area (Å²) in [5.41, 5.74) is 1.87. The van der Waals surface area contributed by atoms with Crippen molar-refractivity contribution in [3.63, 3.8) is 0 Å². The van der Waals surface area contributed by atoms with Gasteiger partial charge < -0.3 is 20.0 Å². The molecule has 0 unspecified atom stereocenters. The number of hydrogen-bond donors (Lipinski definition) is 2. The molecule has 0 spiro atoms. The Kier molecular flexibility index (Phi) is 7.67. The summed E-state index contributed by atoms with van der Waals surface area (Å²) in [5.74, 6) is 0.191. The number of anilines is 2. The summed E-state index contributed by atoms with van der Waals surface area (Å²) < 4.78 is 5.10. The van der Waals surface area contributed by atoms with Crippen LogP contribution in [0.25, 0.3) is 6.08 Å². The number of nitrogens with zero attached hydrogens (tertiary/aromatic N) is 1. The van der Waals surface area contributed by atoms with Crippen molar-refractivity contribution < 1.29 is 14.0 Å². The van der Waals surface area contributed by atoms with Gasteiger partial charge in [-0.1, -0.05) is 0 Å². The molecule has 1 heterocycles. The predicted octanol–water partition coefficient (Wildman–Crippen LogP) is 3.67. The third-order valence-electron chi connectivity index (χ3n) is 4.04. The van der Waals surface area contributed by atoms with Gasteiger partial charge in [-0.2, -0.15) is 0 Å². The molecule has 2 N–H and O–H groups in total. The van der Waals surface area contributed by atoms with Gasteiger partial charge in [0, 0.05) is 43.0 Å². The molecule has 6 heteroatoms. The van der Waals surface area contributed by atoms with Crippen molar-refractivity contribution in [2.24, 2.45) is 0 Å². The zero-order valence-electron chi connectivity index (χ0n) is 16.1. The summed E-state index contributed by atoms with van der Waals surface area (Å²) >= 11 is 0. The molecule has 6 nitrogen and oxygen atoms in total. The molecule has 0 aliphatic carbocycles. The molecule has 27 heavy (non-hydrogen) atoms. The number of nitrogens with one attached hydrogen (secondary N) is 2. The largest absolute Gasteiger partial charge is 0.465 e. The van der Waals surface area contributed by atoms with E-state index in [-0.39, 0.29) is 24.8 Å². The second kappa shape index (κ2) is 10.2. The zero-order valence-corrected chi connectivity index (χ0v) is 16.1. The van der Waals surface area contributed by atoms with E-state index in [9.17, 15) is 9.59 Å². The Morgan fingerprint density at radius 3 is 2.52 bits per heavy atom. The number of amides is 2. The molecular weight excluding hydrogens is 342 g/mol. The normalized spacial score (nSPS) is 11.0. The standard InChI is InChI=1S/C21H27N3O3/c1-4-24(16(2)3)18-9-7-17(8-10-18)23-21(26)13-14-22-20(25)12-11-19-6-5-15-27-19/h5-12,15-16H,4,13-14H2,1-3H3,(H,22,25)(H,23,26). The number of furan rings is 1. The van der Waals surface area contributed by atoms with E-state index < -0.39 is 0 Å². The fourth-order valence-corrected chi connectivity index (χ4v) is 2.71. The smallest absolute Gasteiger partial charge is 0.244 e. The highest BCUT2D eigenvalue weighted by Gasteiger charge is 2.09. The number of carbonyl (C=O) groups excluding carboxylic acids is 2. The fraction of sp³-hybridized carbons (Fsp3) is 0.333. The summed E-state index contributed by atoms with van der Waals surface area (Å²) in [6.45, 7) is 7.61. The lowest BCUT2D eigenvalue weighted by molar-refractivity contribution is -0.117. The van der Waals surface area contributed by atoms with Crippen LogP contribution >= 0.6 is 0 Å². The van der Waals surface area contributed by atoms with Crippen LogP contribution in [-0.4, -0.2) is 30.9 Å². The van der Waals surface area contributed by atoms with Gasteiger partial charge in [0.2, 0.25) is 11.8 Å². The Balaban J connectivity index is 1.74. The van der Waals surface area contributed by atoms with Crippen LogP contribution in [-0.2, 0) is 9.59 Å². The first kappa shape index (κ1) is 20.3. The molecular formula is C21H27N3O3. The summed E-state index contributed by atoms with van der Waals surface area (Å²) in [4.78, 5) is 26.0. The first-order chi connectivity index (χ1) is 13.0. The van der Waals surface area contributed by atoms with Crippen molar-refractivity contribution in [2.75, 3.05) is 23.3 Å². The van der Waals surface area contributed by atoms with Crippen molar-refractivity contribution in [2.45, 2.75) is 33.2 Å². The minimum absolute atomic E-state index is 0.144. The van der Waals surface area contributed by atoms with Crippen LogP contribution in [0.3, 0.4) is 0 Å². The van der Waals surface area contributed by atoms with Crippen molar-refractivity contribution in [3.05, 3.63) is 54.5 Å². The third-order valence-corrected chi connectivity index (χ3v) is 4.04. The highest BCUT2D eigenvalue weighted by atomic mass is 16.3. The van der Waals surface area contributed by atoms with Gasteiger partial charge in [-0.05, 0) is 63.2 Å². The lowest BCUT2D eigenvalue weighted by Gasteiger charge is -2.27. The van der Waals surface area contributed by atoms with Crippen molar-refractivity contribution in [3.8, 4) is 0 Å². The molecule has 1 aromatic heterocycles.